The van der Waals surface area contributed by atoms with Crippen LogP contribution in [0, 0.1) is 15.3 Å². The van der Waals surface area contributed by atoms with E-state index in [9.17, 15) is 15.3 Å². The SMILES string of the molecule is O=[N+]([O-])c1ccncc1[NH+]([O-])c1ccc2ccccc2c1. The second kappa shape index (κ2) is 5.28. The molecule has 0 fully saturated rings. The lowest BCUT2D eigenvalue weighted by Crippen LogP contribution is -2.96. The van der Waals surface area contributed by atoms with Crippen LogP contribution >= 0.6 is 0 Å². The summed E-state index contributed by atoms with van der Waals surface area (Å²) in [5.41, 5.74) is 0.172. The Bertz CT molecular complexity index is 820. The summed E-state index contributed by atoms with van der Waals surface area (Å²) in [6, 6.07) is 14.1. The molecular formula is C15H11N3O3. The number of nitro groups is 1. The summed E-state index contributed by atoms with van der Waals surface area (Å²) in [5.74, 6) is 0. The second-order valence-corrected chi connectivity index (χ2v) is 4.54. The average molecular weight is 281 g/mol. The minimum absolute atomic E-state index is 0.00205. The monoisotopic (exact) mass is 281 g/mol. The highest BCUT2D eigenvalue weighted by atomic mass is 16.6. The Balaban J connectivity index is 2.08. The Labute approximate surface area is 120 Å². The lowest BCUT2D eigenvalue weighted by atomic mass is 10.1. The Morgan fingerprint density at radius 2 is 1.81 bits per heavy atom. The first-order valence-electron chi connectivity index (χ1n) is 6.29. The maximum Gasteiger partial charge on any atom is 0.333 e. The molecule has 104 valence electrons. The maximum absolute atomic E-state index is 12.5. The van der Waals surface area contributed by atoms with Crippen molar-refractivity contribution in [2.45, 2.75) is 0 Å². The molecule has 0 spiro atoms. The summed E-state index contributed by atoms with van der Waals surface area (Å²) in [6.07, 6.45) is 2.53. The van der Waals surface area contributed by atoms with Crippen molar-refractivity contribution in [3.63, 3.8) is 0 Å². The molecule has 1 unspecified atom stereocenters. The minimum atomic E-state index is -0.573. The summed E-state index contributed by atoms with van der Waals surface area (Å²) >= 11 is 0. The van der Waals surface area contributed by atoms with Gasteiger partial charge in [-0.25, -0.2) is 0 Å². The van der Waals surface area contributed by atoms with Crippen LogP contribution in [0.4, 0.5) is 17.1 Å². The van der Waals surface area contributed by atoms with Gasteiger partial charge in [-0.3, -0.25) is 15.1 Å². The molecule has 1 aromatic heterocycles. The normalized spacial score (nSPS) is 12.2. The van der Waals surface area contributed by atoms with Crippen LogP contribution in [-0.4, -0.2) is 9.91 Å². The Hall–Kier alpha value is -2.83. The van der Waals surface area contributed by atoms with Gasteiger partial charge >= 0.3 is 5.69 Å². The van der Waals surface area contributed by atoms with E-state index in [2.05, 4.69) is 4.98 Å². The molecule has 2 aromatic carbocycles. The molecule has 0 amide bonds. The van der Waals surface area contributed by atoms with E-state index in [4.69, 9.17) is 0 Å². The first-order chi connectivity index (χ1) is 10.2. The van der Waals surface area contributed by atoms with Gasteiger partial charge in [0.1, 0.15) is 5.69 Å². The van der Waals surface area contributed by atoms with Gasteiger partial charge in [-0.2, -0.15) is 0 Å². The molecule has 1 heterocycles. The van der Waals surface area contributed by atoms with E-state index >= 15 is 0 Å². The van der Waals surface area contributed by atoms with Crippen molar-refractivity contribution in [1.82, 2.24) is 4.98 Å². The van der Waals surface area contributed by atoms with Crippen molar-refractivity contribution < 1.29 is 9.99 Å². The lowest BCUT2D eigenvalue weighted by Gasteiger charge is -2.20. The molecule has 0 aliphatic rings. The van der Waals surface area contributed by atoms with Gasteiger partial charge in [0.2, 0.25) is 5.69 Å². The van der Waals surface area contributed by atoms with Crippen LogP contribution in [0.15, 0.2) is 60.9 Å². The van der Waals surface area contributed by atoms with E-state index in [1.165, 1.54) is 18.5 Å². The quantitative estimate of drug-likeness (QED) is 0.590. The standard InChI is InChI=1S/C15H11N3O3/c19-17(15-10-16-8-7-14(15)18(20)21)13-6-5-11-3-1-2-4-12(11)9-13/h1-10,17H. The van der Waals surface area contributed by atoms with Gasteiger partial charge in [0, 0.05) is 24.4 Å². The summed E-state index contributed by atoms with van der Waals surface area (Å²) in [5, 5.41) is 25.0. The zero-order chi connectivity index (χ0) is 14.8. The van der Waals surface area contributed by atoms with Crippen molar-refractivity contribution in [1.29, 1.82) is 0 Å². The van der Waals surface area contributed by atoms with Crippen molar-refractivity contribution in [2.24, 2.45) is 0 Å². The van der Waals surface area contributed by atoms with Gasteiger partial charge in [-0.15, -0.1) is 0 Å². The highest BCUT2D eigenvalue weighted by molar-refractivity contribution is 5.84. The van der Waals surface area contributed by atoms with Gasteiger partial charge < -0.3 is 10.3 Å². The molecule has 0 aliphatic heterocycles. The Kier molecular flexibility index (Phi) is 3.31. The van der Waals surface area contributed by atoms with E-state index in [-0.39, 0.29) is 11.4 Å². The van der Waals surface area contributed by atoms with Crippen LogP contribution in [0.2, 0.25) is 0 Å². The third-order valence-corrected chi connectivity index (χ3v) is 3.25. The van der Waals surface area contributed by atoms with Crippen LogP contribution in [0.3, 0.4) is 0 Å². The summed E-state index contributed by atoms with van der Waals surface area (Å²) in [7, 11) is 0. The van der Waals surface area contributed by atoms with E-state index in [1.807, 2.05) is 30.3 Å². The van der Waals surface area contributed by atoms with Gasteiger partial charge in [-0.1, -0.05) is 24.3 Å². The van der Waals surface area contributed by atoms with Crippen molar-refractivity contribution >= 4 is 27.8 Å². The van der Waals surface area contributed by atoms with Crippen LogP contribution in [0.25, 0.3) is 10.8 Å². The smallest absolute Gasteiger partial charge is 0.333 e. The van der Waals surface area contributed by atoms with Gasteiger partial charge in [-0.05, 0) is 16.8 Å². The van der Waals surface area contributed by atoms with E-state index in [1.54, 1.807) is 12.1 Å². The number of hydrogen-bond acceptors (Lipinski definition) is 4. The number of nitrogens with zero attached hydrogens (tertiary/aromatic N) is 2. The number of fused-ring (bicyclic) bond motifs is 1. The Morgan fingerprint density at radius 3 is 2.57 bits per heavy atom. The van der Waals surface area contributed by atoms with Crippen LogP contribution in [-0.2, 0) is 0 Å². The number of quaternary nitrogens is 1. The molecule has 0 radical (unpaired) electrons. The number of hydrogen-bond donors (Lipinski definition) is 1. The summed E-state index contributed by atoms with van der Waals surface area (Å²) in [4.78, 5) is 14.2. The molecule has 0 saturated carbocycles. The second-order valence-electron chi connectivity index (χ2n) is 4.54. The van der Waals surface area contributed by atoms with Crippen molar-refractivity contribution in [2.75, 3.05) is 0 Å². The molecule has 1 N–H and O–H groups in total. The largest absolute Gasteiger partial charge is 0.623 e. The molecule has 21 heavy (non-hydrogen) atoms. The van der Waals surface area contributed by atoms with Crippen LogP contribution in [0.1, 0.15) is 0 Å². The number of aromatic nitrogens is 1. The van der Waals surface area contributed by atoms with Crippen LogP contribution < -0.4 is 5.06 Å². The average Bonchev–Trinajstić information content (AvgIpc) is 2.53. The summed E-state index contributed by atoms with van der Waals surface area (Å²) in [6.45, 7) is 0. The highest BCUT2D eigenvalue weighted by Gasteiger charge is 2.21. The molecule has 0 bridgehead atoms. The number of rotatable bonds is 3. The fourth-order valence-electron chi connectivity index (χ4n) is 2.21. The molecular weight excluding hydrogens is 270 g/mol. The number of nitrogens with one attached hydrogen (secondary N) is 1. The van der Waals surface area contributed by atoms with Gasteiger partial charge in [0.25, 0.3) is 0 Å². The molecule has 6 heteroatoms. The third kappa shape index (κ3) is 2.45. The lowest BCUT2D eigenvalue weighted by molar-refractivity contribution is -0.701. The first kappa shape index (κ1) is 13.2. The summed E-state index contributed by atoms with van der Waals surface area (Å²) < 4.78 is 0. The van der Waals surface area contributed by atoms with Crippen molar-refractivity contribution in [3.05, 3.63) is 76.2 Å². The molecule has 6 nitrogen and oxygen atoms in total. The van der Waals surface area contributed by atoms with Crippen molar-refractivity contribution in [3.8, 4) is 0 Å². The molecule has 0 saturated heterocycles. The fraction of sp³-hybridized carbons (Fsp3) is 0. The van der Waals surface area contributed by atoms with Gasteiger partial charge in [0.15, 0.2) is 0 Å². The number of pyridine rings is 1. The molecule has 3 aromatic rings. The van der Waals surface area contributed by atoms with Gasteiger partial charge in [0.05, 0.1) is 11.1 Å². The first-order valence-corrected chi connectivity index (χ1v) is 6.29. The zero-order valence-electron chi connectivity index (χ0n) is 10.9. The topological polar surface area (TPSA) is 83.5 Å². The zero-order valence-corrected chi connectivity index (χ0v) is 10.9. The minimum Gasteiger partial charge on any atom is -0.623 e. The molecule has 0 aliphatic carbocycles. The maximum atomic E-state index is 12.5. The fourth-order valence-corrected chi connectivity index (χ4v) is 2.21. The van der Waals surface area contributed by atoms with Crippen LogP contribution in [0.5, 0.6) is 0 Å². The predicted octanol–water partition coefficient (Wildman–Crippen LogP) is 2.49. The van der Waals surface area contributed by atoms with E-state index in [0.29, 0.717) is 5.69 Å². The predicted molar refractivity (Wildman–Crippen MR) is 78.5 cm³/mol. The Morgan fingerprint density at radius 1 is 1.05 bits per heavy atom. The van der Waals surface area contributed by atoms with E-state index in [0.717, 1.165) is 10.8 Å². The molecule has 3 rings (SSSR count). The van der Waals surface area contributed by atoms with E-state index < -0.39 is 9.99 Å². The molecule has 1 atom stereocenters. The third-order valence-electron chi connectivity index (χ3n) is 3.25. The number of benzene rings is 2. The highest BCUT2D eigenvalue weighted by Crippen LogP contribution is 2.22.